The van der Waals surface area contributed by atoms with Crippen molar-refractivity contribution < 1.29 is 27.9 Å². The highest BCUT2D eigenvalue weighted by Gasteiger charge is 2.35. The van der Waals surface area contributed by atoms with Gasteiger partial charge in [0.2, 0.25) is 0 Å². The van der Waals surface area contributed by atoms with Gasteiger partial charge in [-0.1, -0.05) is 67.4 Å². The second-order valence-electron chi connectivity index (χ2n) is 12.0. The van der Waals surface area contributed by atoms with Crippen LogP contribution in [0.3, 0.4) is 0 Å². The van der Waals surface area contributed by atoms with Gasteiger partial charge in [-0.15, -0.1) is 0 Å². The van der Waals surface area contributed by atoms with Crippen molar-refractivity contribution in [3.63, 3.8) is 0 Å². The van der Waals surface area contributed by atoms with E-state index in [1.807, 2.05) is 55.6 Å². The van der Waals surface area contributed by atoms with Crippen molar-refractivity contribution in [3.05, 3.63) is 89.5 Å². The Hall–Kier alpha value is -3.14. The summed E-state index contributed by atoms with van der Waals surface area (Å²) in [4.78, 5) is 25.7. The maximum absolute atomic E-state index is 13.5. The number of carbonyl (C=O) groups is 2. The maximum Gasteiger partial charge on any atom is 0.326 e. The highest BCUT2D eigenvalue weighted by Crippen LogP contribution is 2.37. The Kier molecular flexibility index (Phi) is 12.7. The number of sulfone groups is 1. The Morgan fingerprint density at radius 1 is 1.00 bits per heavy atom. The number of methoxy groups -OCH3 is 1. The number of hydrogen-bond acceptors (Lipinski definition) is 6. The van der Waals surface area contributed by atoms with Gasteiger partial charge < -0.3 is 15.2 Å². The predicted octanol–water partition coefficient (Wildman–Crippen LogP) is 6.83. The Balaban J connectivity index is 1.56. The fourth-order valence-corrected chi connectivity index (χ4v) is 8.87. The van der Waals surface area contributed by atoms with Crippen LogP contribution >= 0.6 is 11.8 Å². The average molecular weight is 652 g/mol. The number of carbonyl (C=O) groups excluding carboxylic acids is 1. The molecule has 242 valence electrons. The first kappa shape index (κ1) is 34.7. The first-order chi connectivity index (χ1) is 21.6. The molecular formula is C36H45NO6S2. The number of benzene rings is 3. The first-order valence-corrected chi connectivity index (χ1v) is 18.6. The van der Waals surface area contributed by atoms with Crippen molar-refractivity contribution >= 4 is 33.5 Å². The number of nitrogens with one attached hydrogen (secondary N) is 1. The molecule has 0 radical (unpaired) electrons. The average Bonchev–Trinajstić information content (AvgIpc) is 3.25. The van der Waals surface area contributed by atoms with Gasteiger partial charge in [0.1, 0.15) is 6.04 Å². The van der Waals surface area contributed by atoms with Crippen molar-refractivity contribution in [1.29, 1.82) is 0 Å². The number of aryl methyl sites for hydroxylation is 2. The summed E-state index contributed by atoms with van der Waals surface area (Å²) in [7, 11) is -1.75. The molecule has 0 aromatic heterocycles. The molecule has 3 aromatic rings. The Morgan fingerprint density at radius 3 is 2.42 bits per heavy atom. The van der Waals surface area contributed by atoms with Crippen molar-refractivity contribution in [1.82, 2.24) is 5.32 Å². The number of hydrogen-bond donors (Lipinski definition) is 2. The van der Waals surface area contributed by atoms with E-state index in [1.165, 1.54) is 0 Å². The molecule has 1 amide bonds. The Morgan fingerprint density at radius 2 is 1.73 bits per heavy atom. The molecule has 0 aliphatic heterocycles. The largest absolute Gasteiger partial charge is 0.480 e. The molecule has 1 fully saturated rings. The minimum atomic E-state index is -3.43. The minimum Gasteiger partial charge on any atom is -0.480 e. The summed E-state index contributed by atoms with van der Waals surface area (Å²) >= 11 is 1.54. The van der Waals surface area contributed by atoms with Crippen molar-refractivity contribution in [2.75, 3.05) is 25.7 Å². The molecule has 0 spiro atoms. The monoisotopic (exact) mass is 651 g/mol. The summed E-state index contributed by atoms with van der Waals surface area (Å²) in [6.45, 7) is 2.52. The number of thioether (sulfide) groups is 1. The van der Waals surface area contributed by atoms with E-state index in [-0.39, 0.29) is 5.92 Å². The number of aliphatic carboxylic acids is 1. The lowest BCUT2D eigenvalue weighted by molar-refractivity contribution is -0.139. The molecule has 2 unspecified atom stereocenters. The second-order valence-corrected chi connectivity index (χ2v) is 15.2. The Bertz CT molecular complexity index is 1540. The zero-order chi connectivity index (χ0) is 32.4. The molecule has 4 atom stereocenters. The summed E-state index contributed by atoms with van der Waals surface area (Å²) in [5.74, 6) is -0.387. The lowest BCUT2D eigenvalue weighted by Crippen LogP contribution is -2.41. The zero-order valence-electron chi connectivity index (χ0n) is 26.4. The number of rotatable bonds is 14. The van der Waals surface area contributed by atoms with Crippen LogP contribution in [0.15, 0.2) is 77.7 Å². The van der Waals surface area contributed by atoms with Gasteiger partial charge in [0.15, 0.2) is 9.84 Å². The SMILES string of the molecule is COCC1C[C@H](S(=O)(=O)c2ccccc2)CCCC1CCc1ccc(C(=O)N[C@H](CCSC)C(=O)O)c(-c2ccccc2C)c1. The van der Waals surface area contributed by atoms with Gasteiger partial charge >= 0.3 is 5.97 Å². The summed E-state index contributed by atoms with van der Waals surface area (Å²) in [5, 5.41) is 12.0. The third-order valence-electron chi connectivity index (χ3n) is 9.01. The van der Waals surface area contributed by atoms with E-state index < -0.39 is 33.0 Å². The molecule has 1 aliphatic rings. The van der Waals surface area contributed by atoms with Crippen LogP contribution in [0.5, 0.6) is 0 Å². The van der Waals surface area contributed by atoms with Gasteiger partial charge in [-0.3, -0.25) is 4.79 Å². The van der Waals surface area contributed by atoms with Crippen LogP contribution in [0.25, 0.3) is 11.1 Å². The van der Waals surface area contributed by atoms with E-state index in [4.69, 9.17) is 4.74 Å². The number of carboxylic acids is 1. The molecule has 1 saturated carbocycles. The Labute approximate surface area is 272 Å². The van der Waals surface area contributed by atoms with Crippen LogP contribution in [-0.2, 0) is 25.8 Å². The number of carboxylic acid groups (broad SMARTS) is 1. The van der Waals surface area contributed by atoms with Crippen LogP contribution in [0, 0.1) is 18.8 Å². The third-order valence-corrected chi connectivity index (χ3v) is 11.9. The molecule has 7 nitrogen and oxygen atoms in total. The smallest absolute Gasteiger partial charge is 0.326 e. The normalized spacial score (nSPS) is 19.4. The lowest BCUT2D eigenvalue weighted by Gasteiger charge is -2.26. The van der Waals surface area contributed by atoms with Crippen LogP contribution in [0.4, 0.5) is 0 Å². The summed E-state index contributed by atoms with van der Waals surface area (Å²) in [6.07, 6.45) is 6.90. The molecule has 2 N–H and O–H groups in total. The molecule has 1 aliphatic carbocycles. The minimum absolute atomic E-state index is 0.121. The van der Waals surface area contributed by atoms with E-state index in [0.29, 0.717) is 48.0 Å². The molecule has 4 rings (SSSR count). The van der Waals surface area contributed by atoms with Gasteiger partial charge in [0, 0.05) is 19.3 Å². The van der Waals surface area contributed by atoms with Gasteiger partial charge in [0.05, 0.1) is 10.1 Å². The predicted molar refractivity (Wildman–Crippen MR) is 182 cm³/mol. The summed E-state index contributed by atoms with van der Waals surface area (Å²) in [6, 6.07) is 21.5. The van der Waals surface area contributed by atoms with E-state index in [0.717, 1.165) is 47.9 Å². The zero-order valence-corrected chi connectivity index (χ0v) is 28.0. The molecule has 0 heterocycles. The lowest BCUT2D eigenvalue weighted by atomic mass is 9.83. The molecule has 45 heavy (non-hydrogen) atoms. The fraction of sp³-hybridized carbons (Fsp3) is 0.444. The van der Waals surface area contributed by atoms with Crippen LogP contribution < -0.4 is 5.32 Å². The highest BCUT2D eigenvalue weighted by molar-refractivity contribution is 7.98. The summed E-state index contributed by atoms with van der Waals surface area (Å²) in [5.41, 5.74) is 4.26. The maximum atomic E-state index is 13.5. The van der Waals surface area contributed by atoms with Crippen LogP contribution in [0.2, 0.25) is 0 Å². The van der Waals surface area contributed by atoms with Crippen molar-refractivity contribution in [3.8, 4) is 11.1 Å². The van der Waals surface area contributed by atoms with Gasteiger partial charge in [0.25, 0.3) is 5.91 Å². The van der Waals surface area contributed by atoms with Crippen LogP contribution in [0.1, 0.15) is 60.0 Å². The quantitative estimate of drug-likeness (QED) is 0.184. The van der Waals surface area contributed by atoms with Gasteiger partial charge in [-0.05, 0) is 103 Å². The number of amides is 1. The molecule has 0 saturated heterocycles. The third kappa shape index (κ3) is 8.99. The van der Waals surface area contributed by atoms with E-state index in [1.54, 1.807) is 43.1 Å². The standard InChI is InChI=1S/C36H45NO6S2/c1-25-10-7-8-15-31(25)33-22-26(17-19-32(33)35(38)37-34(36(39)40)20-21-44-3)16-18-27-11-9-14-30(23-28(27)24-43-2)45(41,42)29-12-5-4-6-13-29/h4-8,10,12-13,15,17,19,22,27-28,30,34H,9,11,14,16,18,20-21,23-24H2,1-3H3,(H,37,38)(H,39,40)/t27?,28?,30-,34-/m1/s1. The topological polar surface area (TPSA) is 110 Å². The molecular weight excluding hydrogens is 607 g/mol. The first-order valence-electron chi connectivity index (χ1n) is 15.6. The van der Waals surface area contributed by atoms with E-state index in [2.05, 4.69) is 11.4 Å². The van der Waals surface area contributed by atoms with Crippen LogP contribution in [-0.4, -0.2) is 62.4 Å². The number of ether oxygens (including phenoxy) is 1. The van der Waals surface area contributed by atoms with Gasteiger partial charge in [-0.25, -0.2) is 13.2 Å². The van der Waals surface area contributed by atoms with Crippen molar-refractivity contribution in [2.24, 2.45) is 11.8 Å². The summed E-state index contributed by atoms with van der Waals surface area (Å²) < 4.78 is 32.6. The van der Waals surface area contributed by atoms with Gasteiger partial charge in [-0.2, -0.15) is 11.8 Å². The molecule has 0 bridgehead atoms. The van der Waals surface area contributed by atoms with Crippen molar-refractivity contribution in [2.45, 2.75) is 68.1 Å². The van der Waals surface area contributed by atoms with E-state index >= 15 is 0 Å². The highest BCUT2D eigenvalue weighted by atomic mass is 32.2. The second kappa shape index (κ2) is 16.4. The fourth-order valence-electron chi connectivity index (χ4n) is 6.50. The van der Waals surface area contributed by atoms with E-state index in [9.17, 15) is 23.1 Å². The molecule has 9 heteroatoms. The molecule has 3 aromatic carbocycles.